The van der Waals surface area contributed by atoms with Crippen LogP contribution in [0, 0.1) is 13.8 Å². The molecule has 6 nitrogen and oxygen atoms in total. The number of carbonyl (C=O) groups excluding carboxylic acids is 1. The molecule has 3 heterocycles. The lowest BCUT2D eigenvalue weighted by molar-refractivity contribution is -0.116. The summed E-state index contributed by atoms with van der Waals surface area (Å²) in [5.41, 5.74) is 4.99. The smallest absolute Gasteiger partial charge is 0.226 e. The largest absolute Gasteiger partial charge is 0.302 e. The molecule has 0 aliphatic carbocycles. The van der Waals surface area contributed by atoms with Crippen LogP contribution in [0.15, 0.2) is 29.9 Å². The molecule has 0 saturated heterocycles. The van der Waals surface area contributed by atoms with Crippen LogP contribution in [-0.2, 0) is 18.3 Å². The first kappa shape index (κ1) is 16.3. The third-order valence-electron chi connectivity index (χ3n) is 3.97. The first-order valence-electron chi connectivity index (χ1n) is 7.69. The van der Waals surface area contributed by atoms with Crippen molar-refractivity contribution in [2.45, 2.75) is 26.7 Å². The van der Waals surface area contributed by atoms with Gasteiger partial charge in [0.25, 0.3) is 0 Å². The van der Waals surface area contributed by atoms with E-state index in [0.717, 1.165) is 28.2 Å². The van der Waals surface area contributed by atoms with Gasteiger partial charge >= 0.3 is 0 Å². The Morgan fingerprint density at radius 3 is 2.88 bits per heavy atom. The molecule has 0 saturated carbocycles. The zero-order valence-electron chi connectivity index (χ0n) is 13.9. The van der Waals surface area contributed by atoms with E-state index in [2.05, 4.69) is 20.4 Å². The molecule has 7 heteroatoms. The second-order valence-corrected chi connectivity index (χ2v) is 6.46. The van der Waals surface area contributed by atoms with Crippen molar-refractivity contribution in [2.75, 3.05) is 5.32 Å². The van der Waals surface area contributed by atoms with E-state index >= 15 is 0 Å². The van der Waals surface area contributed by atoms with Gasteiger partial charge in [0.05, 0.1) is 11.4 Å². The molecule has 0 atom stereocenters. The van der Waals surface area contributed by atoms with Crippen molar-refractivity contribution in [1.29, 1.82) is 0 Å². The normalized spacial score (nSPS) is 10.8. The van der Waals surface area contributed by atoms with Gasteiger partial charge in [-0.1, -0.05) is 0 Å². The van der Waals surface area contributed by atoms with Crippen LogP contribution in [0.3, 0.4) is 0 Å². The van der Waals surface area contributed by atoms with Gasteiger partial charge in [-0.2, -0.15) is 5.10 Å². The number of hydrogen-bond donors (Lipinski definition) is 1. The lowest BCUT2D eigenvalue weighted by Crippen LogP contribution is -2.12. The molecule has 0 aromatic carbocycles. The molecular weight excluding hydrogens is 322 g/mol. The zero-order valence-corrected chi connectivity index (χ0v) is 14.7. The third kappa shape index (κ3) is 3.51. The summed E-state index contributed by atoms with van der Waals surface area (Å²) in [6.07, 6.45) is 4.57. The van der Waals surface area contributed by atoms with Crippen LogP contribution in [0.1, 0.15) is 23.4 Å². The molecule has 124 valence electrons. The number of amides is 1. The molecular formula is C17H19N5OS. The van der Waals surface area contributed by atoms with Crippen LogP contribution in [-0.4, -0.2) is 25.7 Å². The number of nitrogens with zero attached hydrogens (tertiary/aromatic N) is 4. The highest BCUT2D eigenvalue weighted by molar-refractivity contribution is 7.14. The fourth-order valence-electron chi connectivity index (χ4n) is 2.58. The van der Waals surface area contributed by atoms with E-state index in [4.69, 9.17) is 0 Å². The van der Waals surface area contributed by atoms with Crippen molar-refractivity contribution in [3.05, 3.63) is 46.9 Å². The number of aryl methyl sites for hydroxylation is 2. The molecule has 0 aliphatic heterocycles. The molecule has 1 N–H and O–H groups in total. The van der Waals surface area contributed by atoms with Crippen molar-refractivity contribution in [2.24, 2.45) is 7.05 Å². The summed E-state index contributed by atoms with van der Waals surface area (Å²) in [7, 11) is 1.92. The number of carbonyl (C=O) groups is 1. The summed E-state index contributed by atoms with van der Waals surface area (Å²) >= 11 is 1.42. The van der Waals surface area contributed by atoms with Gasteiger partial charge in [0.15, 0.2) is 5.13 Å². The van der Waals surface area contributed by atoms with Crippen molar-refractivity contribution < 1.29 is 4.79 Å². The van der Waals surface area contributed by atoms with Crippen LogP contribution in [0.2, 0.25) is 0 Å². The van der Waals surface area contributed by atoms with Gasteiger partial charge < -0.3 is 5.32 Å². The molecule has 24 heavy (non-hydrogen) atoms. The van der Waals surface area contributed by atoms with Crippen molar-refractivity contribution in [3.63, 3.8) is 0 Å². The van der Waals surface area contributed by atoms with Gasteiger partial charge in [-0.15, -0.1) is 11.3 Å². The lowest BCUT2D eigenvalue weighted by atomic mass is 10.1. The van der Waals surface area contributed by atoms with E-state index in [1.165, 1.54) is 11.3 Å². The van der Waals surface area contributed by atoms with Gasteiger partial charge in [0, 0.05) is 42.5 Å². The van der Waals surface area contributed by atoms with E-state index in [1.54, 1.807) is 12.4 Å². The third-order valence-corrected chi connectivity index (χ3v) is 4.73. The lowest BCUT2D eigenvalue weighted by Gasteiger charge is -2.03. The average Bonchev–Trinajstić information content (AvgIpc) is 3.12. The summed E-state index contributed by atoms with van der Waals surface area (Å²) < 4.78 is 1.85. The van der Waals surface area contributed by atoms with Gasteiger partial charge in [0.2, 0.25) is 5.91 Å². The molecule has 1 amide bonds. The van der Waals surface area contributed by atoms with Crippen LogP contribution >= 0.6 is 11.3 Å². The second kappa shape index (κ2) is 6.92. The number of aromatic nitrogens is 4. The minimum absolute atomic E-state index is 0.0373. The standard InChI is InChI=1S/C17H19N5OS/c1-11-14(12(2)22(3)21-11)6-7-16(23)20-17-19-15(10-24-17)13-5-4-8-18-9-13/h4-5,8-10H,6-7H2,1-3H3,(H,19,20,23). The number of rotatable bonds is 5. The Morgan fingerprint density at radius 1 is 1.38 bits per heavy atom. The van der Waals surface area contributed by atoms with Gasteiger partial charge in [-0.25, -0.2) is 4.98 Å². The molecule has 0 fully saturated rings. The topological polar surface area (TPSA) is 72.7 Å². The Kier molecular flexibility index (Phi) is 4.71. The van der Waals surface area contributed by atoms with Crippen LogP contribution in [0.25, 0.3) is 11.3 Å². The Bertz CT molecular complexity index is 853. The SMILES string of the molecule is Cc1nn(C)c(C)c1CCC(=O)Nc1nc(-c2cccnc2)cs1. The fourth-order valence-corrected chi connectivity index (χ4v) is 3.31. The highest BCUT2D eigenvalue weighted by atomic mass is 32.1. The summed E-state index contributed by atoms with van der Waals surface area (Å²) in [5, 5.41) is 9.78. The number of thiazole rings is 1. The summed E-state index contributed by atoms with van der Waals surface area (Å²) in [5.74, 6) is -0.0373. The highest BCUT2D eigenvalue weighted by Crippen LogP contribution is 2.24. The predicted octanol–water partition coefficient (Wildman–Crippen LogP) is 3.13. The van der Waals surface area contributed by atoms with Gasteiger partial charge in [-0.3, -0.25) is 14.5 Å². The van der Waals surface area contributed by atoms with Crippen LogP contribution in [0.4, 0.5) is 5.13 Å². The average molecular weight is 341 g/mol. The fraction of sp³-hybridized carbons (Fsp3) is 0.294. The molecule has 3 aromatic rings. The zero-order chi connectivity index (χ0) is 17.1. The maximum Gasteiger partial charge on any atom is 0.226 e. The van der Waals surface area contributed by atoms with Crippen LogP contribution in [0.5, 0.6) is 0 Å². The van der Waals surface area contributed by atoms with E-state index in [1.807, 2.05) is 43.1 Å². The maximum absolute atomic E-state index is 12.2. The van der Waals surface area contributed by atoms with Gasteiger partial charge in [-0.05, 0) is 38.0 Å². The molecule has 0 unspecified atom stereocenters. The van der Waals surface area contributed by atoms with Crippen molar-refractivity contribution in [1.82, 2.24) is 19.7 Å². The molecule has 3 rings (SSSR count). The summed E-state index contributed by atoms with van der Waals surface area (Å²) in [4.78, 5) is 20.7. The van der Waals surface area contributed by atoms with E-state index in [9.17, 15) is 4.79 Å². The maximum atomic E-state index is 12.2. The van der Waals surface area contributed by atoms with E-state index in [-0.39, 0.29) is 5.91 Å². The molecule has 0 spiro atoms. The number of nitrogens with one attached hydrogen (secondary N) is 1. The molecule has 0 bridgehead atoms. The quantitative estimate of drug-likeness (QED) is 0.774. The van der Waals surface area contributed by atoms with E-state index < -0.39 is 0 Å². The summed E-state index contributed by atoms with van der Waals surface area (Å²) in [6, 6.07) is 3.81. The Hall–Kier alpha value is -2.54. The molecule has 3 aromatic heterocycles. The van der Waals surface area contributed by atoms with Crippen molar-refractivity contribution in [3.8, 4) is 11.3 Å². The first-order valence-corrected chi connectivity index (χ1v) is 8.57. The molecule has 0 aliphatic rings. The first-order chi connectivity index (χ1) is 11.5. The second-order valence-electron chi connectivity index (χ2n) is 5.60. The molecule has 0 radical (unpaired) electrons. The number of hydrogen-bond acceptors (Lipinski definition) is 5. The van der Waals surface area contributed by atoms with Crippen LogP contribution < -0.4 is 5.32 Å². The predicted molar refractivity (Wildman–Crippen MR) is 95.0 cm³/mol. The Labute approximate surface area is 144 Å². The Balaban J connectivity index is 1.60. The van der Waals surface area contributed by atoms with E-state index in [0.29, 0.717) is 18.0 Å². The highest BCUT2D eigenvalue weighted by Gasteiger charge is 2.13. The monoisotopic (exact) mass is 341 g/mol. The minimum atomic E-state index is -0.0373. The van der Waals surface area contributed by atoms with Crippen molar-refractivity contribution >= 4 is 22.4 Å². The minimum Gasteiger partial charge on any atom is -0.302 e. The Morgan fingerprint density at radius 2 is 2.21 bits per heavy atom. The number of pyridine rings is 1. The number of anilines is 1. The summed E-state index contributed by atoms with van der Waals surface area (Å²) in [6.45, 7) is 4.00. The van der Waals surface area contributed by atoms with Gasteiger partial charge in [0.1, 0.15) is 0 Å².